The fourth-order valence-electron chi connectivity index (χ4n) is 2.29. The number of nitrogens with one attached hydrogen (secondary N) is 2. The average molecular weight is 291 g/mol. The molecule has 2 rings (SSSR count). The Bertz CT molecular complexity index is 600. The van der Waals surface area contributed by atoms with Gasteiger partial charge in [0, 0.05) is 12.5 Å². The van der Waals surface area contributed by atoms with Crippen molar-refractivity contribution in [3.63, 3.8) is 0 Å². The molecule has 0 bridgehead atoms. The van der Waals surface area contributed by atoms with Crippen LogP contribution in [0.1, 0.15) is 30.1 Å². The predicted octanol–water partition coefficient (Wildman–Crippen LogP) is 0.344. The topological polar surface area (TPSA) is 122 Å². The van der Waals surface area contributed by atoms with Crippen molar-refractivity contribution < 1.29 is 19.5 Å². The second kappa shape index (κ2) is 5.82. The first kappa shape index (κ1) is 14.8. The van der Waals surface area contributed by atoms with Gasteiger partial charge in [-0.2, -0.15) is 0 Å². The van der Waals surface area contributed by atoms with Crippen LogP contribution >= 0.6 is 0 Å². The number of amides is 3. The molecular weight excluding hydrogens is 274 g/mol. The Morgan fingerprint density at radius 2 is 2.19 bits per heavy atom. The van der Waals surface area contributed by atoms with E-state index in [1.807, 2.05) is 0 Å². The number of hydrogen-bond acceptors (Lipinski definition) is 4. The third kappa shape index (κ3) is 3.31. The van der Waals surface area contributed by atoms with Gasteiger partial charge < -0.3 is 21.5 Å². The molecule has 1 aromatic carbocycles. The number of phenolic OH excluding ortho intramolecular Hbond substituents is 1. The molecule has 1 heterocycles. The van der Waals surface area contributed by atoms with Gasteiger partial charge in [-0.05, 0) is 24.6 Å². The average Bonchev–Trinajstić information content (AvgIpc) is 2.86. The number of carbonyl (C=O) groups is 3. The monoisotopic (exact) mass is 291 g/mol. The van der Waals surface area contributed by atoms with Crippen LogP contribution < -0.4 is 16.4 Å². The molecule has 112 valence electrons. The van der Waals surface area contributed by atoms with Gasteiger partial charge in [-0.1, -0.05) is 6.92 Å². The number of anilines is 1. The van der Waals surface area contributed by atoms with Gasteiger partial charge in [0.1, 0.15) is 5.75 Å². The number of benzene rings is 1. The molecule has 2 unspecified atom stereocenters. The first-order valence-corrected chi connectivity index (χ1v) is 6.61. The summed E-state index contributed by atoms with van der Waals surface area (Å²) in [6.07, 6.45) is 1.01. The molecular formula is C14H17N3O4. The van der Waals surface area contributed by atoms with Crippen molar-refractivity contribution in [2.75, 3.05) is 5.32 Å². The van der Waals surface area contributed by atoms with Crippen molar-refractivity contribution in [2.45, 2.75) is 25.8 Å². The molecule has 0 aliphatic carbocycles. The minimum Gasteiger partial charge on any atom is -0.508 e. The first-order valence-electron chi connectivity index (χ1n) is 6.61. The Morgan fingerprint density at radius 3 is 2.76 bits per heavy atom. The van der Waals surface area contributed by atoms with Crippen molar-refractivity contribution in [3.05, 3.63) is 23.8 Å². The van der Waals surface area contributed by atoms with Gasteiger partial charge in [0.15, 0.2) is 0 Å². The van der Waals surface area contributed by atoms with E-state index in [0.29, 0.717) is 12.8 Å². The van der Waals surface area contributed by atoms with Crippen LogP contribution in [0.5, 0.6) is 5.75 Å². The molecule has 1 aromatic rings. The smallest absolute Gasteiger partial charge is 0.250 e. The molecule has 0 spiro atoms. The highest BCUT2D eigenvalue weighted by Gasteiger charge is 2.30. The van der Waals surface area contributed by atoms with Crippen LogP contribution in [0, 0.1) is 5.92 Å². The van der Waals surface area contributed by atoms with Crippen LogP contribution in [0.3, 0.4) is 0 Å². The molecule has 1 saturated heterocycles. The Kier molecular flexibility index (Phi) is 4.11. The van der Waals surface area contributed by atoms with Gasteiger partial charge in [0.25, 0.3) is 5.91 Å². The summed E-state index contributed by atoms with van der Waals surface area (Å²) < 4.78 is 0. The van der Waals surface area contributed by atoms with Crippen molar-refractivity contribution in [2.24, 2.45) is 11.7 Å². The summed E-state index contributed by atoms with van der Waals surface area (Å²) in [6.45, 7) is 1.70. The standard InChI is InChI=1S/C14H17N3O4/c1-7(10-4-5-12(19)16-10)14(21)17-11-3-2-8(18)6-9(11)13(15)20/h2-3,6-7,10,18H,4-5H2,1H3,(H2,15,20)(H,16,19)(H,17,21). The van der Waals surface area contributed by atoms with Gasteiger partial charge in [0.2, 0.25) is 11.8 Å². The molecule has 3 amide bonds. The summed E-state index contributed by atoms with van der Waals surface area (Å²) in [6, 6.07) is 3.74. The van der Waals surface area contributed by atoms with E-state index >= 15 is 0 Å². The summed E-state index contributed by atoms with van der Waals surface area (Å²) in [5.41, 5.74) is 5.49. The van der Waals surface area contributed by atoms with Gasteiger partial charge in [-0.15, -0.1) is 0 Å². The molecule has 1 aliphatic rings. The zero-order valence-electron chi connectivity index (χ0n) is 11.6. The summed E-state index contributed by atoms with van der Waals surface area (Å²) >= 11 is 0. The number of hydrogen-bond donors (Lipinski definition) is 4. The molecule has 21 heavy (non-hydrogen) atoms. The van der Waals surface area contributed by atoms with Crippen molar-refractivity contribution in [1.29, 1.82) is 0 Å². The van der Waals surface area contributed by atoms with Crippen molar-refractivity contribution >= 4 is 23.4 Å². The lowest BCUT2D eigenvalue weighted by atomic mass is 9.99. The molecule has 0 saturated carbocycles. The number of phenols is 1. The normalized spacial score (nSPS) is 18.9. The SMILES string of the molecule is CC(C(=O)Nc1ccc(O)cc1C(N)=O)C1CCC(=O)N1. The van der Waals surface area contributed by atoms with E-state index in [4.69, 9.17) is 5.73 Å². The predicted molar refractivity (Wildman–Crippen MR) is 75.6 cm³/mol. The fourth-order valence-corrected chi connectivity index (χ4v) is 2.29. The number of rotatable bonds is 4. The maximum atomic E-state index is 12.2. The van der Waals surface area contributed by atoms with E-state index < -0.39 is 11.8 Å². The van der Waals surface area contributed by atoms with E-state index in [0.717, 1.165) is 0 Å². The molecule has 1 aliphatic heterocycles. The Morgan fingerprint density at radius 1 is 1.48 bits per heavy atom. The molecule has 7 heteroatoms. The van der Waals surface area contributed by atoms with E-state index in [1.165, 1.54) is 18.2 Å². The number of carbonyl (C=O) groups excluding carboxylic acids is 3. The number of nitrogens with two attached hydrogens (primary N) is 1. The lowest BCUT2D eigenvalue weighted by molar-refractivity contribution is -0.121. The minimum absolute atomic E-state index is 0.0333. The maximum absolute atomic E-state index is 12.2. The Balaban J connectivity index is 2.12. The Hall–Kier alpha value is -2.57. The molecule has 2 atom stereocenters. The van der Waals surface area contributed by atoms with E-state index in [2.05, 4.69) is 10.6 Å². The lowest BCUT2D eigenvalue weighted by Crippen LogP contribution is -2.38. The van der Waals surface area contributed by atoms with Crippen molar-refractivity contribution in [1.82, 2.24) is 5.32 Å². The summed E-state index contributed by atoms with van der Waals surface area (Å²) in [7, 11) is 0. The zero-order chi connectivity index (χ0) is 15.6. The third-order valence-electron chi connectivity index (χ3n) is 3.57. The summed E-state index contributed by atoms with van der Waals surface area (Å²) in [5.74, 6) is -1.69. The highest BCUT2D eigenvalue weighted by Crippen LogP contribution is 2.23. The highest BCUT2D eigenvalue weighted by atomic mass is 16.3. The molecule has 1 fully saturated rings. The fraction of sp³-hybridized carbons (Fsp3) is 0.357. The van der Waals surface area contributed by atoms with Crippen LogP contribution in [0.25, 0.3) is 0 Å². The van der Waals surface area contributed by atoms with Crippen LogP contribution in [0.15, 0.2) is 18.2 Å². The molecule has 5 N–H and O–H groups in total. The van der Waals surface area contributed by atoms with E-state index in [-0.39, 0.29) is 34.9 Å². The van der Waals surface area contributed by atoms with Crippen molar-refractivity contribution in [3.8, 4) is 5.75 Å². The highest BCUT2D eigenvalue weighted by molar-refractivity contribution is 6.04. The zero-order valence-corrected chi connectivity index (χ0v) is 11.6. The lowest BCUT2D eigenvalue weighted by Gasteiger charge is -2.19. The summed E-state index contributed by atoms with van der Waals surface area (Å²) in [5, 5.41) is 14.7. The molecule has 0 aromatic heterocycles. The molecule has 0 radical (unpaired) electrons. The quantitative estimate of drug-likeness (QED) is 0.598. The van der Waals surface area contributed by atoms with E-state index in [1.54, 1.807) is 6.92 Å². The van der Waals surface area contributed by atoms with Crippen LogP contribution in [0.4, 0.5) is 5.69 Å². The van der Waals surface area contributed by atoms with Crippen LogP contribution in [0.2, 0.25) is 0 Å². The van der Waals surface area contributed by atoms with Crippen LogP contribution in [-0.2, 0) is 9.59 Å². The largest absolute Gasteiger partial charge is 0.508 e. The first-order chi connectivity index (χ1) is 9.88. The van der Waals surface area contributed by atoms with Gasteiger partial charge in [-0.25, -0.2) is 0 Å². The van der Waals surface area contributed by atoms with Gasteiger partial charge in [-0.3, -0.25) is 14.4 Å². The number of primary amides is 1. The Labute approximate surface area is 121 Å². The van der Waals surface area contributed by atoms with Crippen LogP contribution in [-0.4, -0.2) is 28.9 Å². The maximum Gasteiger partial charge on any atom is 0.250 e. The minimum atomic E-state index is -0.747. The van der Waals surface area contributed by atoms with E-state index in [9.17, 15) is 19.5 Å². The van der Waals surface area contributed by atoms with Gasteiger partial charge in [0.05, 0.1) is 17.2 Å². The van der Waals surface area contributed by atoms with Gasteiger partial charge >= 0.3 is 0 Å². The number of aromatic hydroxyl groups is 1. The second-order valence-electron chi connectivity index (χ2n) is 5.08. The second-order valence-corrected chi connectivity index (χ2v) is 5.08. The molecule has 7 nitrogen and oxygen atoms in total. The summed E-state index contributed by atoms with van der Waals surface area (Å²) in [4.78, 5) is 34.7. The third-order valence-corrected chi connectivity index (χ3v) is 3.57.